The van der Waals surface area contributed by atoms with Gasteiger partial charge in [0.05, 0.1) is 10.7 Å². The van der Waals surface area contributed by atoms with Crippen LogP contribution in [0.1, 0.15) is 30.6 Å². The van der Waals surface area contributed by atoms with E-state index in [1.807, 2.05) is 12.1 Å². The van der Waals surface area contributed by atoms with Gasteiger partial charge in [-0.25, -0.2) is 0 Å². The molecule has 0 aromatic heterocycles. The second kappa shape index (κ2) is 4.69. The number of hydrogen-bond acceptors (Lipinski definition) is 2. The number of carbonyl (C=O) groups is 1. The zero-order valence-corrected chi connectivity index (χ0v) is 11.3. The zero-order valence-electron chi connectivity index (χ0n) is 10.5. The molecule has 3 heteroatoms. The van der Waals surface area contributed by atoms with Gasteiger partial charge >= 0.3 is 0 Å². The maximum Gasteiger partial charge on any atom is 0.159 e. The van der Waals surface area contributed by atoms with Crippen LogP contribution in [0.3, 0.4) is 0 Å². The van der Waals surface area contributed by atoms with Crippen LogP contribution in [0, 0.1) is 11.8 Å². The molecule has 1 aliphatic rings. The number of Topliss-reactive ketones (excluding diaryl/α,β-unsaturated/α-hetero) is 1. The summed E-state index contributed by atoms with van der Waals surface area (Å²) in [4.78, 5) is 13.4. The van der Waals surface area contributed by atoms with E-state index in [0.29, 0.717) is 10.6 Å². The third kappa shape index (κ3) is 2.81. The van der Waals surface area contributed by atoms with Gasteiger partial charge in [-0.05, 0) is 43.4 Å². The van der Waals surface area contributed by atoms with E-state index in [1.54, 1.807) is 13.0 Å². The lowest BCUT2D eigenvalue weighted by atomic mass is 10.1. The van der Waals surface area contributed by atoms with Crippen molar-refractivity contribution in [2.75, 3.05) is 18.5 Å². The van der Waals surface area contributed by atoms with Crippen LogP contribution in [-0.2, 0) is 0 Å². The Morgan fingerprint density at radius 1 is 1.53 bits per heavy atom. The second-order valence-corrected chi connectivity index (χ2v) is 5.48. The molecular formula is C14H18ClNO. The molecule has 2 nitrogen and oxygen atoms in total. The number of ketones is 1. The van der Waals surface area contributed by atoms with Crippen LogP contribution < -0.4 is 4.90 Å². The summed E-state index contributed by atoms with van der Waals surface area (Å²) < 4.78 is 0. The number of anilines is 1. The van der Waals surface area contributed by atoms with Crippen molar-refractivity contribution in [2.24, 2.45) is 11.8 Å². The lowest BCUT2D eigenvalue weighted by molar-refractivity contribution is 0.101. The number of hydrogen-bond donors (Lipinski definition) is 0. The topological polar surface area (TPSA) is 20.3 Å². The van der Waals surface area contributed by atoms with E-state index in [0.717, 1.165) is 24.1 Å². The third-order valence-electron chi connectivity index (χ3n) is 3.55. The van der Waals surface area contributed by atoms with E-state index in [-0.39, 0.29) is 5.78 Å². The average Bonchev–Trinajstić information content (AvgIpc) is 2.93. The summed E-state index contributed by atoms with van der Waals surface area (Å²) in [5.74, 6) is 1.69. The molecule has 1 fully saturated rings. The molecule has 0 amide bonds. The number of halogens is 1. The van der Waals surface area contributed by atoms with E-state index < -0.39 is 0 Å². The molecule has 0 radical (unpaired) electrons. The Kier molecular flexibility index (Phi) is 3.43. The lowest BCUT2D eigenvalue weighted by Gasteiger charge is -2.21. The van der Waals surface area contributed by atoms with Gasteiger partial charge in [0.1, 0.15) is 0 Å². The van der Waals surface area contributed by atoms with E-state index >= 15 is 0 Å². The fourth-order valence-electron chi connectivity index (χ4n) is 2.14. The van der Waals surface area contributed by atoms with Gasteiger partial charge in [-0.15, -0.1) is 0 Å². The highest BCUT2D eigenvalue weighted by Crippen LogP contribution is 2.39. The first kappa shape index (κ1) is 12.4. The Hall–Kier alpha value is -1.02. The Balaban J connectivity index is 2.12. The number of carbonyl (C=O) groups excluding carboxylic acids is 1. The van der Waals surface area contributed by atoms with E-state index in [4.69, 9.17) is 11.6 Å². The fraction of sp³-hybridized carbons (Fsp3) is 0.500. The van der Waals surface area contributed by atoms with Crippen molar-refractivity contribution in [1.29, 1.82) is 0 Å². The van der Waals surface area contributed by atoms with Crippen LogP contribution in [0.5, 0.6) is 0 Å². The van der Waals surface area contributed by atoms with Crippen LogP contribution in [0.4, 0.5) is 5.69 Å². The summed E-state index contributed by atoms with van der Waals surface area (Å²) >= 11 is 6.21. The molecule has 17 heavy (non-hydrogen) atoms. The Labute approximate surface area is 108 Å². The van der Waals surface area contributed by atoms with Crippen LogP contribution in [0.15, 0.2) is 18.2 Å². The molecule has 1 saturated carbocycles. The van der Waals surface area contributed by atoms with Gasteiger partial charge in [0.15, 0.2) is 5.78 Å². The molecule has 0 N–H and O–H groups in total. The molecule has 92 valence electrons. The first-order valence-corrected chi connectivity index (χ1v) is 6.38. The van der Waals surface area contributed by atoms with Crippen LogP contribution in [-0.4, -0.2) is 19.4 Å². The van der Waals surface area contributed by atoms with Crippen molar-refractivity contribution in [3.63, 3.8) is 0 Å². The third-order valence-corrected chi connectivity index (χ3v) is 3.85. The zero-order chi connectivity index (χ0) is 12.6. The van der Waals surface area contributed by atoms with Gasteiger partial charge < -0.3 is 4.90 Å². The van der Waals surface area contributed by atoms with Gasteiger partial charge in [0.2, 0.25) is 0 Å². The van der Waals surface area contributed by atoms with E-state index in [2.05, 4.69) is 18.9 Å². The largest absolute Gasteiger partial charge is 0.373 e. The maximum atomic E-state index is 11.2. The minimum atomic E-state index is 0.0527. The number of rotatable bonds is 4. The molecule has 1 aromatic rings. The smallest absolute Gasteiger partial charge is 0.159 e. The maximum absolute atomic E-state index is 11.2. The Morgan fingerprint density at radius 3 is 2.65 bits per heavy atom. The highest BCUT2D eigenvalue weighted by atomic mass is 35.5. The van der Waals surface area contributed by atoms with Crippen molar-refractivity contribution < 1.29 is 4.79 Å². The van der Waals surface area contributed by atoms with Gasteiger partial charge in [-0.1, -0.05) is 18.5 Å². The standard InChI is InChI=1S/C14H18ClNO/c1-9-6-12(9)8-16(3)14-5-4-11(10(2)17)7-13(14)15/h4-5,7,9,12H,6,8H2,1-3H3. The Morgan fingerprint density at radius 2 is 2.18 bits per heavy atom. The second-order valence-electron chi connectivity index (χ2n) is 5.08. The number of nitrogens with zero attached hydrogens (tertiary/aromatic N) is 1. The van der Waals surface area contributed by atoms with E-state index in [1.165, 1.54) is 6.42 Å². The molecule has 0 bridgehead atoms. The molecule has 2 rings (SSSR count). The first-order valence-electron chi connectivity index (χ1n) is 6.00. The summed E-state index contributed by atoms with van der Waals surface area (Å²) in [7, 11) is 2.06. The predicted octanol–water partition coefficient (Wildman–Crippen LogP) is 3.63. The molecule has 0 heterocycles. The molecule has 0 spiro atoms. The lowest BCUT2D eigenvalue weighted by Crippen LogP contribution is -2.20. The molecule has 2 atom stereocenters. The highest BCUT2D eigenvalue weighted by Gasteiger charge is 2.33. The molecular weight excluding hydrogens is 234 g/mol. The fourth-order valence-corrected chi connectivity index (χ4v) is 2.46. The summed E-state index contributed by atoms with van der Waals surface area (Å²) in [6, 6.07) is 5.54. The minimum Gasteiger partial charge on any atom is -0.373 e. The van der Waals surface area contributed by atoms with Crippen molar-refractivity contribution in [1.82, 2.24) is 0 Å². The summed E-state index contributed by atoms with van der Waals surface area (Å²) in [6.07, 6.45) is 1.31. The van der Waals surface area contributed by atoms with Crippen LogP contribution in [0.25, 0.3) is 0 Å². The van der Waals surface area contributed by atoms with Crippen LogP contribution in [0.2, 0.25) is 5.02 Å². The van der Waals surface area contributed by atoms with Gasteiger partial charge in [0.25, 0.3) is 0 Å². The molecule has 1 aromatic carbocycles. The average molecular weight is 252 g/mol. The minimum absolute atomic E-state index is 0.0527. The van der Waals surface area contributed by atoms with Crippen molar-refractivity contribution in [3.8, 4) is 0 Å². The molecule has 0 saturated heterocycles. The van der Waals surface area contributed by atoms with Crippen molar-refractivity contribution in [3.05, 3.63) is 28.8 Å². The van der Waals surface area contributed by atoms with Gasteiger partial charge in [-0.2, -0.15) is 0 Å². The molecule has 0 aliphatic heterocycles. The van der Waals surface area contributed by atoms with Crippen molar-refractivity contribution >= 4 is 23.1 Å². The predicted molar refractivity (Wildman–Crippen MR) is 72.0 cm³/mol. The number of benzene rings is 1. The van der Waals surface area contributed by atoms with Gasteiger partial charge in [0, 0.05) is 19.2 Å². The SMILES string of the molecule is CC(=O)c1ccc(N(C)CC2CC2C)c(Cl)c1. The monoisotopic (exact) mass is 251 g/mol. The normalized spacial score (nSPS) is 22.4. The summed E-state index contributed by atoms with van der Waals surface area (Å²) in [5, 5.41) is 0.661. The Bertz CT molecular complexity index is 444. The van der Waals surface area contributed by atoms with E-state index in [9.17, 15) is 4.79 Å². The summed E-state index contributed by atoms with van der Waals surface area (Å²) in [6.45, 7) is 4.88. The quantitative estimate of drug-likeness (QED) is 0.762. The van der Waals surface area contributed by atoms with Crippen molar-refractivity contribution in [2.45, 2.75) is 20.3 Å². The molecule has 2 unspecified atom stereocenters. The van der Waals surface area contributed by atoms with Crippen LogP contribution >= 0.6 is 11.6 Å². The molecule has 1 aliphatic carbocycles. The highest BCUT2D eigenvalue weighted by molar-refractivity contribution is 6.33. The summed E-state index contributed by atoms with van der Waals surface area (Å²) in [5.41, 5.74) is 1.68. The van der Waals surface area contributed by atoms with Gasteiger partial charge in [-0.3, -0.25) is 4.79 Å². The first-order chi connectivity index (χ1) is 7.99.